The topological polar surface area (TPSA) is 18.5 Å². The van der Waals surface area contributed by atoms with Crippen molar-refractivity contribution in [1.29, 1.82) is 0 Å². The summed E-state index contributed by atoms with van der Waals surface area (Å²) in [6.07, 6.45) is 3.94. The molecule has 0 radical (unpaired) electrons. The average Bonchev–Trinajstić information content (AvgIpc) is 2.47. The van der Waals surface area contributed by atoms with Crippen molar-refractivity contribution in [3.63, 3.8) is 0 Å². The molecule has 0 saturated carbocycles. The number of likely N-dealkylation sites (tertiary alicyclic amines) is 1. The largest absolute Gasteiger partial charge is 0.315 e. The Morgan fingerprint density at radius 1 is 1.21 bits per heavy atom. The molecule has 5 heteroatoms. The molecule has 0 aromatic rings. The van der Waals surface area contributed by atoms with Gasteiger partial charge >= 0.3 is 0 Å². The van der Waals surface area contributed by atoms with Crippen molar-refractivity contribution in [3.8, 4) is 0 Å². The van der Waals surface area contributed by atoms with Gasteiger partial charge in [-0.15, -0.1) is 0 Å². The lowest BCUT2D eigenvalue weighted by Gasteiger charge is -2.49. The predicted octanol–water partition coefficient (Wildman–Crippen LogP) is -0.537. The molecule has 2 aliphatic rings. The summed E-state index contributed by atoms with van der Waals surface area (Å²) in [5.74, 6) is 0. The summed E-state index contributed by atoms with van der Waals surface area (Å²) in [4.78, 5) is 5.45. The van der Waals surface area contributed by atoms with Crippen LogP contribution in [0.15, 0.2) is 0 Å². The van der Waals surface area contributed by atoms with Gasteiger partial charge in [0, 0.05) is 24.7 Å². The number of nitrogens with one attached hydrogen (secondary N) is 1. The van der Waals surface area contributed by atoms with Gasteiger partial charge in [-0.3, -0.25) is 0 Å². The molecule has 1 N–H and O–H groups in total. The Balaban J connectivity index is 2.03. The predicted molar refractivity (Wildman–Crippen MR) is 88.3 cm³/mol. The van der Waals surface area contributed by atoms with E-state index in [0.29, 0.717) is 17.4 Å². The van der Waals surface area contributed by atoms with E-state index in [0.717, 1.165) is 12.6 Å². The summed E-state index contributed by atoms with van der Waals surface area (Å²) in [6.45, 7) is 11.9. The van der Waals surface area contributed by atoms with Crippen LogP contribution in [0.4, 0.5) is 0 Å². The molecule has 0 aromatic carbocycles. The smallest absolute Gasteiger partial charge is 0.117 e. The zero-order valence-electron chi connectivity index (χ0n) is 13.6. The number of hydrogen-bond donors (Lipinski definition) is 1. The zero-order valence-corrected chi connectivity index (χ0v) is 13.6. The highest BCUT2D eigenvalue weighted by Gasteiger charge is 2.38. The Morgan fingerprint density at radius 2 is 1.84 bits per heavy atom. The normalized spacial score (nSPS) is 31.5. The Bertz CT molecular complexity index is 288. The summed E-state index contributed by atoms with van der Waals surface area (Å²) >= 11 is 0. The van der Waals surface area contributed by atoms with Gasteiger partial charge in [0.05, 0.1) is 0 Å². The van der Waals surface area contributed by atoms with Crippen LogP contribution >= 0.6 is 0 Å². The number of rotatable bonds is 2. The van der Waals surface area contributed by atoms with Crippen molar-refractivity contribution in [2.24, 2.45) is 0 Å². The van der Waals surface area contributed by atoms with E-state index in [1.807, 2.05) is 0 Å². The second-order valence-electron chi connectivity index (χ2n) is 7.38. The van der Waals surface area contributed by atoms with Gasteiger partial charge < -0.3 is 15.1 Å². The van der Waals surface area contributed by atoms with Gasteiger partial charge in [0.2, 0.25) is 0 Å². The fraction of sp³-hybridized carbons (Fsp3) is 1.00. The Morgan fingerprint density at radius 3 is 2.42 bits per heavy atom. The van der Waals surface area contributed by atoms with E-state index in [-0.39, 0.29) is 0 Å². The van der Waals surface area contributed by atoms with Crippen LogP contribution in [0.3, 0.4) is 0 Å². The van der Waals surface area contributed by atoms with Gasteiger partial charge in [0.25, 0.3) is 0 Å². The maximum Gasteiger partial charge on any atom is 0.117 e. The standard InChI is InChI=1S/C14H31B2N3/c1-11(2)18-8-4-13(5-9-18)19-12(3)10-17-7-6-14(19,15)16/h11-13,17H,4-10,15-16H2,1-3H3. The first kappa shape index (κ1) is 15.4. The van der Waals surface area contributed by atoms with Crippen LogP contribution in [0.1, 0.15) is 40.0 Å². The summed E-state index contributed by atoms with van der Waals surface area (Å²) in [7, 11) is 4.87. The summed E-state index contributed by atoms with van der Waals surface area (Å²) in [5, 5.41) is 3.94. The lowest BCUT2D eigenvalue weighted by Crippen LogP contribution is -2.61. The Hall–Kier alpha value is 0.00987. The van der Waals surface area contributed by atoms with E-state index < -0.39 is 0 Å². The van der Waals surface area contributed by atoms with E-state index in [9.17, 15) is 0 Å². The minimum atomic E-state index is 0.341. The molecule has 0 spiro atoms. The lowest BCUT2D eigenvalue weighted by atomic mass is 9.58. The number of nitrogens with zero attached hydrogens (tertiary/aromatic N) is 2. The van der Waals surface area contributed by atoms with Gasteiger partial charge in [0.15, 0.2) is 0 Å². The molecule has 0 aromatic heterocycles. The Kier molecular flexibility index (Phi) is 5.02. The zero-order chi connectivity index (χ0) is 14.0. The first-order chi connectivity index (χ1) is 8.92. The molecular formula is C14H31B2N3. The molecule has 108 valence electrons. The van der Waals surface area contributed by atoms with E-state index in [1.54, 1.807) is 0 Å². The van der Waals surface area contributed by atoms with Gasteiger partial charge in [-0.1, -0.05) is 0 Å². The summed E-state index contributed by atoms with van der Waals surface area (Å²) in [5.41, 5.74) is 0. The third-order valence-corrected chi connectivity index (χ3v) is 5.15. The highest BCUT2D eigenvalue weighted by atomic mass is 15.3. The van der Waals surface area contributed by atoms with Crippen molar-refractivity contribution < 1.29 is 0 Å². The van der Waals surface area contributed by atoms with E-state index in [1.165, 1.54) is 38.9 Å². The molecule has 0 bridgehead atoms. The molecule has 1 unspecified atom stereocenters. The van der Waals surface area contributed by atoms with Crippen LogP contribution in [0.2, 0.25) is 0 Å². The molecule has 1 atom stereocenters. The van der Waals surface area contributed by atoms with Crippen LogP contribution in [0.25, 0.3) is 0 Å². The van der Waals surface area contributed by atoms with Crippen LogP contribution in [-0.2, 0) is 0 Å². The van der Waals surface area contributed by atoms with E-state index in [2.05, 4.69) is 51.6 Å². The van der Waals surface area contributed by atoms with Crippen molar-refractivity contribution in [1.82, 2.24) is 15.1 Å². The summed E-state index contributed by atoms with van der Waals surface area (Å²) in [6, 6.07) is 2.14. The molecule has 0 amide bonds. The molecule has 2 fully saturated rings. The third kappa shape index (κ3) is 3.56. The molecule has 2 heterocycles. The highest BCUT2D eigenvalue weighted by molar-refractivity contribution is 6.40. The minimum Gasteiger partial charge on any atom is -0.315 e. The maximum atomic E-state index is 3.60. The minimum absolute atomic E-state index is 0.341. The van der Waals surface area contributed by atoms with Gasteiger partial charge in [-0.25, -0.2) is 0 Å². The second kappa shape index (κ2) is 6.19. The molecule has 2 aliphatic heterocycles. The molecule has 19 heavy (non-hydrogen) atoms. The average molecular weight is 263 g/mol. The fourth-order valence-corrected chi connectivity index (χ4v) is 4.06. The van der Waals surface area contributed by atoms with E-state index >= 15 is 0 Å². The lowest BCUT2D eigenvalue weighted by molar-refractivity contribution is 0.0503. The Labute approximate surface area is 121 Å². The second-order valence-corrected chi connectivity index (χ2v) is 7.38. The van der Waals surface area contributed by atoms with Gasteiger partial charge in [-0.2, -0.15) is 0 Å². The monoisotopic (exact) mass is 263 g/mol. The highest BCUT2D eigenvalue weighted by Crippen LogP contribution is 2.27. The van der Waals surface area contributed by atoms with E-state index in [4.69, 9.17) is 0 Å². The van der Waals surface area contributed by atoms with Crippen LogP contribution in [0, 0.1) is 0 Å². The first-order valence-electron chi connectivity index (χ1n) is 8.15. The third-order valence-electron chi connectivity index (χ3n) is 5.15. The van der Waals surface area contributed by atoms with Crippen LogP contribution in [0.5, 0.6) is 0 Å². The number of hydrogen-bond acceptors (Lipinski definition) is 3. The molecule has 3 nitrogen and oxygen atoms in total. The molecule has 0 aliphatic carbocycles. The first-order valence-corrected chi connectivity index (χ1v) is 8.15. The SMILES string of the molecule is BC1(B)CCNCC(C)N1C1CCN(C(C)C)CC1. The quantitative estimate of drug-likeness (QED) is 0.675. The van der Waals surface area contributed by atoms with Crippen molar-refractivity contribution in [2.45, 2.75) is 63.5 Å². The molecule has 2 saturated heterocycles. The van der Waals surface area contributed by atoms with Crippen molar-refractivity contribution in [3.05, 3.63) is 0 Å². The van der Waals surface area contributed by atoms with Crippen LogP contribution in [-0.4, -0.2) is 75.1 Å². The fourth-order valence-electron chi connectivity index (χ4n) is 4.06. The van der Waals surface area contributed by atoms with Gasteiger partial charge in [-0.05, 0) is 65.0 Å². The van der Waals surface area contributed by atoms with Crippen LogP contribution < -0.4 is 5.32 Å². The summed E-state index contributed by atoms with van der Waals surface area (Å²) < 4.78 is 0. The van der Waals surface area contributed by atoms with Crippen molar-refractivity contribution in [2.75, 3.05) is 26.2 Å². The number of piperidine rings is 1. The van der Waals surface area contributed by atoms with Gasteiger partial charge in [0.1, 0.15) is 15.7 Å². The van der Waals surface area contributed by atoms with Crippen molar-refractivity contribution >= 4 is 15.7 Å². The molecule has 2 rings (SSSR count). The molecular weight excluding hydrogens is 232 g/mol. The maximum absolute atomic E-state index is 3.60.